The van der Waals surface area contributed by atoms with Crippen LogP contribution in [0.15, 0.2) is 36.7 Å². The van der Waals surface area contributed by atoms with Crippen LogP contribution in [0.3, 0.4) is 0 Å². The van der Waals surface area contributed by atoms with Gasteiger partial charge in [-0.25, -0.2) is 18.7 Å². The first-order valence-corrected chi connectivity index (χ1v) is 13.8. The molecule has 1 aliphatic heterocycles. The molecule has 1 saturated heterocycles. The number of anilines is 3. The monoisotopic (exact) mass is 587 g/mol. The Balaban J connectivity index is 1.36. The van der Waals surface area contributed by atoms with E-state index in [4.69, 9.17) is 18.9 Å². The molecule has 3 N–H and O–H groups in total. The summed E-state index contributed by atoms with van der Waals surface area (Å²) in [6, 6.07) is 7.28. The minimum atomic E-state index is -0.867. The van der Waals surface area contributed by atoms with Gasteiger partial charge in [-0.15, -0.1) is 0 Å². The largest absolute Gasteiger partial charge is 0.495 e. The molecular weight excluding hydrogens is 548 g/mol. The van der Waals surface area contributed by atoms with Gasteiger partial charge in [0.2, 0.25) is 5.95 Å². The number of hydrogen-bond donors (Lipinski definition) is 3. The fourth-order valence-corrected chi connectivity index (χ4v) is 4.66. The summed E-state index contributed by atoms with van der Waals surface area (Å²) in [6.07, 6.45) is 4.73. The van der Waals surface area contributed by atoms with Crippen LogP contribution in [-0.2, 0) is 6.61 Å². The lowest BCUT2D eigenvalue weighted by atomic mass is 9.97. The molecule has 0 radical (unpaired) electrons. The number of hydrogen-bond acceptors (Lipinski definition) is 10. The number of benzene rings is 2. The van der Waals surface area contributed by atoms with Crippen molar-refractivity contribution in [2.24, 2.45) is 0 Å². The second kappa shape index (κ2) is 13.4. The van der Waals surface area contributed by atoms with Crippen LogP contribution in [0.25, 0.3) is 0 Å². The Bertz CT molecular complexity index is 1320. The molecule has 1 aromatic heterocycles. The van der Waals surface area contributed by atoms with Crippen molar-refractivity contribution < 1.29 is 32.8 Å². The summed E-state index contributed by atoms with van der Waals surface area (Å²) in [7, 11) is 4.20. The van der Waals surface area contributed by atoms with Crippen molar-refractivity contribution in [3.63, 3.8) is 0 Å². The number of ether oxygens (including phenoxy) is 4. The van der Waals surface area contributed by atoms with E-state index in [0.29, 0.717) is 17.7 Å². The van der Waals surface area contributed by atoms with Gasteiger partial charge in [0.1, 0.15) is 12.4 Å². The summed E-state index contributed by atoms with van der Waals surface area (Å²) in [5.74, 6) is -0.782. The lowest BCUT2D eigenvalue weighted by Crippen LogP contribution is -2.52. The van der Waals surface area contributed by atoms with Gasteiger partial charge >= 0.3 is 0 Å². The van der Waals surface area contributed by atoms with Crippen molar-refractivity contribution in [1.29, 1.82) is 0 Å². The van der Waals surface area contributed by atoms with Crippen LogP contribution in [0, 0.1) is 11.6 Å². The molecule has 2 aromatic carbocycles. The summed E-state index contributed by atoms with van der Waals surface area (Å²) < 4.78 is 50.4. The first kappa shape index (κ1) is 31.0. The maximum atomic E-state index is 14.6. The highest BCUT2D eigenvalue weighted by Crippen LogP contribution is 2.34. The van der Waals surface area contributed by atoms with Gasteiger partial charge in [-0.1, -0.05) is 0 Å². The standard InChI is InChI=1S/C30H39F2N5O5/c1-18(30(2,3)38)35-19-9-11-37(12-10-19)23-8-7-20(13-24(23)39-4)36-29-33-15-21(16-34-29)42-17-22-27(31)25(40-5)14-26(41-6)28(22)32/h7-8,13-16,18-19,35,38H,9-12,17H2,1-6H3,(H,33,34,36)/t18-/m0/s1. The van der Waals surface area contributed by atoms with Gasteiger partial charge in [-0.3, -0.25) is 0 Å². The molecule has 0 bridgehead atoms. The second-order valence-corrected chi connectivity index (χ2v) is 10.7. The van der Waals surface area contributed by atoms with Gasteiger partial charge < -0.3 is 39.6 Å². The molecule has 0 unspecified atom stereocenters. The molecule has 228 valence electrons. The van der Waals surface area contributed by atoms with E-state index < -0.39 is 23.8 Å². The van der Waals surface area contributed by atoms with Gasteiger partial charge in [-0.05, 0) is 45.7 Å². The molecule has 1 aliphatic rings. The predicted octanol–water partition coefficient (Wildman–Crippen LogP) is 4.82. The molecule has 42 heavy (non-hydrogen) atoms. The normalized spacial score (nSPS) is 14.8. The Morgan fingerprint density at radius 1 is 0.976 bits per heavy atom. The van der Waals surface area contributed by atoms with E-state index in [1.54, 1.807) is 7.11 Å². The van der Waals surface area contributed by atoms with Crippen LogP contribution in [-0.4, -0.2) is 67.2 Å². The molecule has 2 heterocycles. The molecule has 12 heteroatoms. The van der Waals surface area contributed by atoms with Gasteiger partial charge in [0, 0.05) is 43.0 Å². The molecule has 0 saturated carbocycles. The van der Waals surface area contributed by atoms with Gasteiger partial charge in [0.25, 0.3) is 0 Å². The zero-order valence-corrected chi connectivity index (χ0v) is 24.8. The highest BCUT2D eigenvalue weighted by Gasteiger charge is 2.28. The maximum Gasteiger partial charge on any atom is 0.227 e. The molecule has 3 aromatic rings. The number of nitrogens with one attached hydrogen (secondary N) is 2. The molecule has 1 atom stereocenters. The summed E-state index contributed by atoms with van der Waals surface area (Å²) in [5.41, 5.74) is 0.623. The van der Waals surface area contributed by atoms with Gasteiger partial charge in [0.05, 0.1) is 50.6 Å². The van der Waals surface area contributed by atoms with Crippen molar-refractivity contribution in [2.45, 2.75) is 57.9 Å². The van der Waals surface area contributed by atoms with Crippen LogP contribution in [0.5, 0.6) is 23.0 Å². The third-order valence-electron chi connectivity index (χ3n) is 7.49. The number of aliphatic hydroxyl groups is 1. The molecule has 10 nitrogen and oxygen atoms in total. The third-order valence-corrected chi connectivity index (χ3v) is 7.49. The molecule has 0 amide bonds. The van der Waals surface area contributed by atoms with Crippen LogP contribution in [0.4, 0.5) is 26.1 Å². The molecule has 1 fully saturated rings. The van der Waals surface area contributed by atoms with Crippen LogP contribution in [0.1, 0.15) is 39.2 Å². The van der Waals surface area contributed by atoms with Gasteiger partial charge in [0.15, 0.2) is 28.9 Å². The van der Waals surface area contributed by atoms with E-state index >= 15 is 0 Å². The van der Waals surface area contributed by atoms with Crippen molar-refractivity contribution >= 4 is 17.3 Å². The number of halogens is 2. The SMILES string of the molecule is COc1cc(Nc2ncc(OCc3c(F)c(OC)cc(OC)c3F)cn2)ccc1N1CCC(N[C@@H](C)C(C)(C)O)CC1. The summed E-state index contributed by atoms with van der Waals surface area (Å²) >= 11 is 0. The topological polar surface area (TPSA) is 110 Å². The van der Waals surface area contributed by atoms with E-state index in [0.717, 1.165) is 43.4 Å². The highest BCUT2D eigenvalue weighted by molar-refractivity contribution is 5.67. The number of piperidine rings is 1. The van der Waals surface area contributed by atoms with E-state index in [1.807, 2.05) is 39.0 Å². The first-order chi connectivity index (χ1) is 20.0. The van der Waals surface area contributed by atoms with Crippen LogP contribution < -0.4 is 34.5 Å². The number of methoxy groups -OCH3 is 3. The van der Waals surface area contributed by atoms with Crippen LogP contribution in [0.2, 0.25) is 0 Å². The third kappa shape index (κ3) is 7.29. The van der Waals surface area contributed by atoms with Crippen LogP contribution >= 0.6 is 0 Å². The smallest absolute Gasteiger partial charge is 0.227 e. The predicted molar refractivity (Wildman–Crippen MR) is 156 cm³/mol. The summed E-state index contributed by atoms with van der Waals surface area (Å²) in [4.78, 5) is 10.8. The van der Waals surface area contributed by atoms with Gasteiger partial charge in [-0.2, -0.15) is 0 Å². The highest BCUT2D eigenvalue weighted by atomic mass is 19.1. The number of nitrogens with zero attached hydrogens (tertiary/aromatic N) is 3. The average Bonchev–Trinajstić information content (AvgIpc) is 2.98. The fourth-order valence-electron chi connectivity index (χ4n) is 4.66. The molecular formula is C30H39F2N5O5. The van der Waals surface area contributed by atoms with Crippen molar-refractivity contribution in [3.8, 4) is 23.0 Å². The Hall–Kier alpha value is -3.90. The number of aromatic nitrogens is 2. The summed E-state index contributed by atoms with van der Waals surface area (Å²) in [5, 5.41) is 16.9. The average molecular weight is 588 g/mol. The molecule has 4 rings (SSSR count). The lowest BCUT2D eigenvalue weighted by molar-refractivity contribution is 0.0385. The second-order valence-electron chi connectivity index (χ2n) is 10.7. The Morgan fingerprint density at radius 3 is 2.12 bits per heavy atom. The number of rotatable bonds is 12. The molecule has 0 aliphatic carbocycles. The van der Waals surface area contributed by atoms with E-state index in [-0.39, 0.29) is 28.9 Å². The first-order valence-electron chi connectivity index (χ1n) is 13.8. The Kier molecular flexibility index (Phi) is 9.89. The van der Waals surface area contributed by atoms with E-state index in [2.05, 4.69) is 25.5 Å². The molecule has 0 spiro atoms. The lowest BCUT2D eigenvalue weighted by Gasteiger charge is -2.38. The zero-order chi connectivity index (χ0) is 30.4. The van der Waals surface area contributed by atoms with Crippen molar-refractivity contribution in [2.75, 3.05) is 44.6 Å². The van der Waals surface area contributed by atoms with Crippen molar-refractivity contribution in [1.82, 2.24) is 15.3 Å². The fraction of sp³-hybridized carbons (Fsp3) is 0.467. The Labute approximate surface area is 245 Å². The van der Waals surface area contributed by atoms with Crippen molar-refractivity contribution in [3.05, 3.63) is 53.9 Å². The minimum absolute atomic E-state index is 0.000129. The summed E-state index contributed by atoms with van der Waals surface area (Å²) in [6.45, 7) is 6.96. The van der Waals surface area contributed by atoms with E-state index in [1.165, 1.54) is 26.6 Å². The van der Waals surface area contributed by atoms with E-state index in [9.17, 15) is 13.9 Å². The quantitative estimate of drug-likeness (QED) is 0.273. The Morgan fingerprint density at radius 2 is 1.57 bits per heavy atom. The maximum absolute atomic E-state index is 14.6. The minimum Gasteiger partial charge on any atom is -0.495 e. The zero-order valence-electron chi connectivity index (χ0n) is 24.8.